The Bertz CT molecular complexity index is 309. The van der Waals surface area contributed by atoms with Gasteiger partial charge >= 0.3 is 0 Å². The van der Waals surface area contributed by atoms with E-state index in [1.54, 1.807) is 6.07 Å². The van der Waals surface area contributed by atoms with E-state index in [9.17, 15) is 5.11 Å². The van der Waals surface area contributed by atoms with Gasteiger partial charge in [-0.1, -0.05) is 13.3 Å². The van der Waals surface area contributed by atoms with Gasteiger partial charge in [-0.15, -0.1) is 0 Å². The molecule has 0 aromatic carbocycles. The fourth-order valence-electron chi connectivity index (χ4n) is 1.40. The Kier molecular flexibility index (Phi) is 4.98. The molecule has 0 saturated carbocycles. The lowest BCUT2D eigenvalue weighted by atomic mass is 10.1. The summed E-state index contributed by atoms with van der Waals surface area (Å²) in [6.07, 6.45) is 1.67. The SMILES string of the molecule is CCCC(O)Cc1nc(OC)cc(OC)n1. The molecule has 90 valence electrons. The van der Waals surface area contributed by atoms with Crippen molar-refractivity contribution in [3.63, 3.8) is 0 Å². The van der Waals surface area contributed by atoms with E-state index < -0.39 is 6.10 Å². The molecule has 1 heterocycles. The third kappa shape index (κ3) is 3.66. The highest BCUT2D eigenvalue weighted by atomic mass is 16.5. The molecule has 1 N–H and O–H groups in total. The molecule has 5 nitrogen and oxygen atoms in total. The Hall–Kier alpha value is -1.36. The predicted octanol–water partition coefficient (Wildman–Crippen LogP) is 1.20. The van der Waals surface area contributed by atoms with Crippen molar-refractivity contribution in [1.82, 2.24) is 9.97 Å². The quantitative estimate of drug-likeness (QED) is 0.789. The zero-order chi connectivity index (χ0) is 12.0. The normalized spacial score (nSPS) is 12.2. The number of methoxy groups -OCH3 is 2. The van der Waals surface area contributed by atoms with Crippen LogP contribution < -0.4 is 9.47 Å². The van der Waals surface area contributed by atoms with E-state index in [4.69, 9.17) is 9.47 Å². The number of hydrogen-bond donors (Lipinski definition) is 1. The molecule has 0 aliphatic heterocycles. The largest absolute Gasteiger partial charge is 0.481 e. The smallest absolute Gasteiger partial charge is 0.220 e. The summed E-state index contributed by atoms with van der Waals surface area (Å²) >= 11 is 0. The number of aromatic nitrogens is 2. The first-order chi connectivity index (χ1) is 7.69. The Morgan fingerprint density at radius 2 is 1.81 bits per heavy atom. The second-order valence-electron chi connectivity index (χ2n) is 3.52. The van der Waals surface area contributed by atoms with Gasteiger partial charge in [-0.25, -0.2) is 0 Å². The summed E-state index contributed by atoms with van der Waals surface area (Å²) in [5.41, 5.74) is 0. The number of rotatable bonds is 6. The predicted molar refractivity (Wildman–Crippen MR) is 59.8 cm³/mol. The first-order valence-electron chi connectivity index (χ1n) is 5.33. The zero-order valence-corrected chi connectivity index (χ0v) is 9.93. The van der Waals surface area contributed by atoms with Crippen molar-refractivity contribution < 1.29 is 14.6 Å². The van der Waals surface area contributed by atoms with Gasteiger partial charge in [0.05, 0.1) is 26.4 Å². The van der Waals surface area contributed by atoms with Crippen LogP contribution >= 0.6 is 0 Å². The van der Waals surface area contributed by atoms with Crippen molar-refractivity contribution in [2.45, 2.75) is 32.3 Å². The van der Waals surface area contributed by atoms with E-state index in [0.29, 0.717) is 24.0 Å². The van der Waals surface area contributed by atoms with Crippen molar-refractivity contribution in [3.05, 3.63) is 11.9 Å². The molecule has 0 aliphatic carbocycles. The summed E-state index contributed by atoms with van der Waals surface area (Å²) in [6.45, 7) is 2.02. The van der Waals surface area contributed by atoms with Crippen LogP contribution in [-0.4, -0.2) is 35.4 Å². The van der Waals surface area contributed by atoms with Crippen molar-refractivity contribution >= 4 is 0 Å². The molecule has 1 aromatic heterocycles. The number of ether oxygens (including phenoxy) is 2. The van der Waals surface area contributed by atoms with Crippen LogP contribution in [0.3, 0.4) is 0 Å². The number of aliphatic hydroxyl groups excluding tert-OH is 1. The molecule has 0 spiro atoms. The molecule has 1 aromatic rings. The van der Waals surface area contributed by atoms with Gasteiger partial charge in [0.2, 0.25) is 11.8 Å². The molecule has 1 unspecified atom stereocenters. The highest BCUT2D eigenvalue weighted by molar-refractivity contribution is 5.21. The lowest BCUT2D eigenvalue weighted by Gasteiger charge is -2.10. The third-order valence-corrected chi connectivity index (χ3v) is 2.18. The van der Waals surface area contributed by atoms with Gasteiger partial charge in [-0.2, -0.15) is 9.97 Å². The summed E-state index contributed by atoms with van der Waals surface area (Å²) in [6, 6.07) is 1.61. The fraction of sp³-hybridized carbons (Fsp3) is 0.636. The van der Waals surface area contributed by atoms with E-state index in [1.165, 1.54) is 14.2 Å². The van der Waals surface area contributed by atoms with Crippen molar-refractivity contribution in [3.8, 4) is 11.8 Å². The summed E-state index contributed by atoms with van der Waals surface area (Å²) in [5.74, 6) is 1.44. The maximum atomic E-state index is 9.67. The Labute approximate surface area is 95.4 Å². The molecule has 0 aliphatic rings. The standard InChI is InChI=1S/C11H18N2O3/c1-4-5-8(14)6-9-12-10(15-2)7-11(13-9)16-3/h7-8,14H,4-6H2,1-3H3. The lowest BCUT2D eigenvalue weighted by Crippen LogP contribution is -2.13. The van der Waals surface area contributed by atoms with E-state index in [2.05, 4.69) is 9.97 Å². The zero-order valence-electron chi connectivity index (χ0n) is 9.93. The molecule has 0 amide bonds. The lowest BCUT2D eigenvalue weighted by molar-refractivity contribution is 0.161. The maximum absolute atomic E-state index is 9.67. The molecular weight excluding hydrogens is 208 g/mol. The van der Waals surface area contributed by atoms with Gasteiger partial charge in [0, 0.05) is 6.42 Å². The summed E-state index contributed by atoms with van der Waals surface area (Å²) in [5, 5.41) is 9.67. The Morgan fingerprint density at radius 3 is 2.25 bits per heavy atom. The van der Waals surface area contributed by atoms with E-state index in [1.807, 2.05) is 6.92 Å². The minimum absolute atomic E-state index is 0.415. The molecule has 0 bridgehead atoms. The van der Waals surface area contributed by atoms with Crippen LogP contribution in [0.1, 0.15) is 25.6 Å². The molecular formula is C11H18N2O3. The van der Waals surface area contributed by atoms with Gasteiger partial charge < -0.3 is 14.6 Å². The summed E-state index contributed by atoms with van der Waals surface area (Å²) < 4.78 is 10.1. The molecule has 0 fully saturated rings. The van der Waals surface area contributed by atoms with Gasteiger partial charge in [0.15, 0.2) is 0 Å². The molecule has 1 rings (SSSR count). The van der Waals surface area contributed by atoms with Crippen LogP contribution in [0.4, 0.5) is 0 Å². The number of hydrogen-bond acceptors (Lipinski definition) is 5. The third-order valence-electron chi connectivity index (χ3n) is 2.18. The van der Waals surface area contributed by atoms with Crippen LogP contribution in [0.15, 0.2) is 6.07 Å². The highest BCUT2D eigenvalue weighted by Crippen LogP contribution is 2.16. The summed E-state index contributed by atoms with van der Waals surface area (Å²) in [4.78, 5) is 8.30. The number of nitrogens with zero attached hydrogens (tertiary/aromatic N) is 2. The van der Waals surface area contributed by atoms with Crippen LogP contribution in [0, 0.1) is 0 Å². The van der Waals surface area contributed by atoms with E-state index in [0.717, 1.165) is 12.8 Å². The first kappa shape index (κ1) is 12.7. The van der Waals surface area contributed by atoms with Crippen molar-refractivity contribution in [2.75, 3.05) is 14.2 Å². The van der Waals surface area contributed by atoms with Crippen molar-refractivity contribution in [2.24, 2.45) is 0 Å². The molecule has 5 heteroatoms. The minimum atomic E-state index is -0.415. The fourth-order valence-corrected chi connectivity index (χ4v) is 1.40. The van der Waals surface area contributed by atoms with Crippen LogP contribution in [0.25, 0.3) is 0 Å². The second-order valence-corrected chi connectivity index (χ2v) is 3.52. The van der Waals surface area contributed by atoms with Gasteiger partial charge in [0.25, 0.3) is 0 Å². The summed E-state index contributed by atoms with van der Waals surface area (Å²) in [7, 11) is 3.07. The highest BCUT2D eigenvalue weighted by Gasteiger charge is 2.10. The minimum Gasteiger partial charge on any atom is -0.481 e. The van der Waals surface area contributed by atoms with Crippen LogP contribution in [0.5, 0.6) is 11.8 Å². The molecule has 0 saturated heterocycles. The average Bonchev–Trinajstić information content (AvgIpc) is 2.28. The average molecular weight is 226 g/mol. The Morgan fingerprint density at radius 1 is 1.25 bits per heavy atom. The van der Waals surface area contributed by atoms with Gasteiger partial charge in [-0.3, -0.25) is 0 Å². The van der Waals surface area contributed by atoms with Gasteiger partial charge in [0.1, 0.15) is 5.82 Å². The first-order valence-corrected chi connectivity index (χ1v) is 5.33. The van der Waals surface area contributed by atoms with Crippen LogP contribution in [0.2, 0.25) is 0 Å². The van der Waals surface area contributed by atoms with Crippen LogP contribution in [-0.2, 0) is 6.42 Å². The van der Waals surface area contributed by atoms with Gasteiger partial charge in [-0.05, 0) is 6.42 Å². The second kappa shape index (κ2) is 6.27. The van der Waals surface area contributed by atoms with E-state index in [-0.39, 0.29) is 0 Å². The molecule has 16 heavy (non-hydrogen) atoms. The maximum Gasteiger partial charge on any atom is 0.220 e. The monoisotopic (exact) mass is 226 g/mol. The Balaban J connectivity index is 2.78. The number of aliphatic hydroxyl groups is 1. The molecule has 0 radical (unpaired) electrons. The topological polar surface area (TPSA) is 64.5 Å². The van der Waals surface area contributed by atoms with Crippen molar-refractivity contribution in [1.29, 1.82) is 0 Å². The molecule has 1 atom stereocenters. The van der Waals surface area contributed by atoms with E-state index >= 15 is 0 Å².